The molecule has 4 nitrogen and oxygen atoms in total. The van der Waals surface area contributed by atoms with Crippen LogP contribution in [0.3, 0.4) is 0 Å². The van der Waals surface area contributed by atoms with Gasteiger partial charge in [0.2, 0.25) is 5.91 Å². The zero-order valence-corrected chi connectivity index (χ0v) is 14.0. The first-order valence-corrected chi connectivity index (χ1v) is 8.34. The van der Waals surface area contributed by atoms with Crippen LogP contribution in [0.1, 0.15) is 18.5 Å². The molecule has 0 aliphatic rings. The van der Waals surface area contributed by atoms with Crippen molar-refractivity contribution in [3.63, 3.8) is 0 Å². The lowest BCUT2D eigenvalue weighted by Crippen LogP contribution is -2.33. The molecule has 1 N–H and O–H groups in total. The number of aromatic nitrogens is 1. The van der Waals surface area contributed by atoms with E-state index in [-0.39, 0.29) is 11.5 Å². The average Bonchev–Trinajstić information content (AvgIpc) is 2.90. The smallest absolute Gasteiger partial charge is 0.269 e. The third-order valence-corrected chi connectivity index (χ3v) is 5.26. The molecule has 6 heteroatoms. The molecule has 3 rings (SSSR count). The van der Waals surface area contributed by atoms with Gasteiger partial charge in [-0.05, 0) is 30.7 Å². The van der Waals surface area contributed by atoms with E-state index in [4.69, 9.17) is 11.6 Å². The predicted octanol–water partition coefficient (Wildman–Crippen LogP) is 3.59. The van der Waals surface area contributed by atoms with Crippen molar-refractivity contribution < 1.29 is 4.79 Å². The Morgan fingerprint density at radius 2 is 1.91 bits per heavy atom. The lowest BCUT2D eigenvalue weighted by atomic mass is 10.2. The lowest BCUT2D eigenvalue weighted by Gasteiger charge is -2.12. The molecule has 0 fully saturated rings. The summed E-state index contributed by atoms with van der Waals surface area (Å²) in [6, 6.07) is 14.1. The molecule has 118 valence electrons. The maximum atomic E-state index is 12.4. The highest BCUT2D eigenvalue weighted by Crippen LogP contribution is 2.20. The lowest BCUT2D eigenvalue weighted by molar-refractivity contribution is -0.123. The van der Waals surface area contributed by atoms with E-state index in [1.165, 1.54) is 15.5 Å². The van der Waals surface area contributed by atoms with E-state index in [1.807, 2.05) is 36.4 Å². The molecule has 1 heterocycles. The van der Waals surface area contributed by atoms with Gasteiger partial charge in [0.05, 0.1) is 10.1 Å². The number of nitrogens with one attached hydrogen (secondary N) is 1. The van der Waals surface area contributed by atoms with Crippen molar-refractivity contribution >= 4 is 39.1 Å². The number of nitrogens with zero attached hydrogens (tertiary/aromatic N) is 1. The molecular formula is C17H15ClN2O2S. The molecule has 0 radical (unpaired) electrons. The van der Waals surface area contributed by atoms with E-state index >= 15 is 0 Å². The molecule has 1 aromatic heterocycles. The largest absolute Gasteiger partial charge is 0.350 e. The maximum Gasteiger partial charge on any atom is 0.269 e. The number of hydrogen-bond acceptors (Lipinski definition) is 3. The fraction of sp³-hybridized carbons (Fsp3) is 0.176. The van der Waals surface area contributed by atoms with Crippen LogP contribution < -0.4 is 10.9 Å². The van der Waals surface area contributed by atoms with E-state index in [0.29, 0.717) is 17.0 Å². The normalized spacial score (nSPS) is 12.3. The summed E-state index contributed by atoms with van der Waals surface area (Å²) in [5.74, 6) is -0.210. The number of benzene rings is 2. The Kier molecular flexibility index (Phi) is 4.50. The molecule has 1 atom stereocenters. The minimum atomic E-state index is -0.567. The Morgan fingerprint density at radius 3 is 2.65 bits per heavy atom. The van der Waals surface area contributed by atoms with Crippen LogP contribution in [0.5, 0.6) is 0 Å². The van der Waals surface area contributed by atoms with E-state index in [2.05, 4.69) is 5.32 Å². The number of amides is 1. The average molecular weight is 347 g/mol. The predicted molar refractivity (Wildman–Crippen MR) is 94.1 cm³/mol. The van der Waals surface area contributed by atoms with Gasteiger partial charge in [-0.1, -0.05) is 53.5 Å². The zero-order valence-electron chi connectivity index (χ0n) is 12.5. The topological polar surface area (TPSA) is 51.1 Å². The highest BCUT2D eigenvalue weighted by Gasteiger charge is 2.19. The third kappa shape index (κ3) is 3.16. The summed E-state index contributed by atoms with van der Waals surface area (Å²) in [7, 11) is 0. The van der Waals surface area contributed by atoms with Crippen LogP contribution in [0.15, 0.2) is 53.3 Å². The maximum absolute atomic E-state index is 12.4. The molecule has 0 aliphatic carbocycles. The van der Waals surface area contributed by atoms with E-state index in [9.17, 15) is 9.59 Å². The van der Waals surface area contributed by atoms with Crippen LogP contribution in [0.25, 0.3) is 10.1 Å². The van der Waals surface area contributed by atoms with Crippen molar-refractivity contribution in [2.45, 2.75) is 19.5 Å². The Labute approximate surface area is 142 Å². The summed E-state index contributed by atoms with van der Waals surface area (Å²) < 4.78 is 2.38. The van der Waals surface area contributed by atoms with Crippen LogP contribution in [-0.2, 0) is 11.3 Å². The summed E-state index contributed by atoms with van der Waals surface area (Å²) in [6.07, 6.45) is 0. The van der Waals surface area contributed by atoms with Crippen molar-refractivity contribution in [3.05, 3.63) is 69.5 Å². The van der Waals surface area contributed by atoms with Crippen molar-refractivity contribution in [3.8, 4) is 0 Å². The van der Waals surface area contributed by atoms with Gasteiger partial charge in [0.15, 0.2) is 0 Å². The second-order valence-electron chi connectivity index (χ2n) is 5.20. The second kappa shape index (κ2) is 6.56. The van der Waals surface area contributed by atoms with Crippen LogP contribution in [0, 0.1) is 0 Å². The summed E-state index contributed by atoms with van der Waals surface area (Å²) in [6.45, 7) is 2.06. The van der Waals surface area contributed by atoms with Gasteiger partial charge in [-0.15, -0.1) is 0 Å². The molecule has 0 spiro atoms. The van der Waals surface area contributed by atoms with Crippen LogP contribution in [0.2, 0.25) is 5.02 Å². The molecule has 1 amide bonds. The molecule has 3 aromatic rings. The molecule has 0 unspecified atom stereocenters. The van der Waals surface area contributed by atoms with Gasteiger partial charge in [0.1, 0.15) is 6.04 Å². The molecule has 0 saturated heterocycles. The minimum Gasteiger partial charge on any atom is -0.350 e. The van der Waals surface area contributed by atoms with Crippen LogP contribution in [-0.4, -0.2) is 9.86 Å². The van der Waals surface area contributed by atoms with Gasteiger partial charge in [-0.2, -0.15) is 0 Å². The molecule has 2 aromatic carbocycles. The zero-order chi connectivity index (χ0) is 16.4. The van der Waals surface area contributed by atoms with Gasteiger partial charge in [0.25, 0.3) is 5.56 Å². The summed E-state index contributed by atoms with van der Waals surface area (Å²) in [5, 5.41) is 4.09. The molecular weight excluding hydrogens is 332 g/mol. The van der Waals surface area contributed by atoms with Crippen molar-refractivity contribution in [2.75, 3.05) is 0 Å². The first-order valence-electron chi connectivity index (χ1n) is 7.19. The molecule has 0 saturated carbocycles. The van der Waals surface area contributed by atoms with Gasteiger partial charge < -0.3 is 5.32 Å². The van der Waals surface area contributed by atoms with Gasteiger partial charge in [-0.3, -0.25) is 13.5 Å². The highest BCUT2D eigenvalue weighted by atomic mass is 35.5. The molecule has 0 aliphatic heterocycles. The van der Waals surface area contributed by atoms with Crippen LogP contribution >= 0.6 is 23.1 Å². The third-order valence-electron chi connectivity index (χ3n) is 3.66. The fourth-order valence-electron chi connectivity index (χ4n) is 2.32. The number of carbonyl (C=O) groups excluding carboxylic acids is 1. The SMILES string of the molecule is C[C@@H](C(=O)NCc1ccccc1Cl)n1sc2ccccc2c1=O. The minimum absolute atomic E-state index is 0.133. The second-order valence-corrected chi connectivity index (χ2v) is 6.63. The first-order chi connectivity index (χ1) is 11.1. The molecule has 23 heavy (non-hydrogen) atoms. The Bertz CT molecular complexity index is 916. The number of halogens is 1. The molecule has 0 bridgehead atoms. The van der Waals surface area contributed by atoms with Gasteiger partial charge >= 0.3 is 0 Å². The van der Waals surface area contributed by atoms with Gasteiger partial charge in [0, 0.05) is 11.6 Å². The number of hydrogen-bond donors (Lipinski definition) is 1. The Morgan fingerprint density at radius 1 is 1.22 bits per heavy atom. The first kappa shape index (κ1) is 15.8. The Hall–Kier alpha value is -2.11. The van der Waals surface area contributed by atoms with Gasteiger partial charge in [-0.25, -0.2) is 0 Å². The summed E-state index contributed by atoms with van der Waals surface area (Å²) >= 11 is 7.38. The monoisotopic (exact) mass is 346 g/mol. The standard InChI is InChI=1S/C17H15ClN2O2S/c1-11(16(21)19-10-12-6-2-4-8-14(12)18)20-17(22)13-7-3-5-9-15(13)23-20/h2-9,11H,10H2,1H3,(H,19,21)/t11-/m0/s1. The van der Waals surface area contributed by atoms with Crippen molar-refractivity contribution in [1.29, 1.82) is 0 Å². The van der Waals surface area contributed by atoms with Crippen LogP contribution in [0.4, 0.5) is 0 Å². The number of rotatable bonds is 4. The van der Waals surface area contributed by atoms with Crippen molar-refractivity contribution in [2.24, 2.45) is 0 Å². The van der Waals surface area contributed by atoms with E-state index in [0.717, 1.165) is 10.3 Å². The fourth-order valence-corrected chi connectivity index (χ4v) is 3.56. The Balaban J connectivity index is 1.78. The highest BCUT2D eigenvalue weighted by molar-refractivity contribution is 7.14. The van der Waals surface area contributed by atoms with Crippen molar-refractivity contribution in [1.82, 2.24) is 9.27 Å². The summed E-state index contributed by atoms with van der Waals surface area (Å²) in [5.41, 5.74) is 0.712. The quantitative estimate of drug-likeness (QED) is 0.784. The number of fused-ring (bicyclic) bond motifs is 1. The summed E-state index contributed by atoms with van der Waals surface area (Å²) in [4.78, 5) is 24.7. The van der Waals surface area contributed by atoms with E-state index in [1.54, 1.807) is 19.1 Å². The number of carbonyl (C=O) groups is 1. The van der Waals surface area contributed by atoms with E-state index < -0.39 is 6.04 Å².